The van der Waals surface area contributed by atoms with E-state index >= 15 is 0 Å². The van der Waals surface area contributed by atoms with Crippen LogP contribution >= 0.6 is 0 Å². The first-order chi connectivity index (χ1) is 4.83. The van der Waals surface area contributed by atoms with E-state index < -0.39 is 12.4 Å². The molecule has 0 aromatic rings. The molecule has 0 saturated carbocycles. The van der Waals surface area contributed by atoms with E-state index in [4.69, 9.17) is 9.47 Å². The molecule has 0 aliphatic carbocycles. The van der Waals surface area contributed by atoms with Gasteiger partial charge in [-0.3, -0.25) is 0 Å². The zero-order valence-corrected chi connectivity index (χ0v) is 5.24. The van der Waals surface area contributed by atoms with Gasteiger partial charge >= 0.3 is 6.16 Å². The number of hydrogen-bond acceptors (Lipinski definition) is 5. The Balaban J connectivity index is 2.17. The first-order valence-electron chi connectivity index (χ1n) is 2.65. The summed E-state index contributed by atoms with van der Waals surface area (Å²) in [6.07, 6.45) is -1.51. The van der Waals surface area contributed by atoms with Crippen LogP contribution < -0.4 is 0 Å². The molecular weight excluding hydrogens is 140 g/mol. The van der Waals surface area contributed by atoms with E-state index in [1.807, 2.05) is 0 Å². The van der Waals surface area contributed by atoms with Crippen molar-refractivity contribution in [1.82, 2.24) is 0 Å². The number of carbonyl (C=O) groups is 1. The van der Waals surface area contributed by atoms with Gasteiger partial charge in [0.25, 0.3) is 0 Å². The Bertz CT molecular complexity index is 117. The fraction of sp³-hybridized carbons (Fsp3) is 0.600. The Hall–Kier alpha value is -0.810. The van der Waals surface area contributed by atoms with Crippen molar-refractivity contribution in [2.75, 3.05) is 13.4 Å². The number of rotatable bonds is 1. The van der Waals surface area contributed by atoms with Crippen molar-refractivity contribution in [2.45, 2.75) is 6.29 Å². The van der Waals surface area contributed by atoms with E-state index in [-0.39, 0.29) is 13.4 Å². The predicted octanol–water partition coefficient (Wildman–Crippen LogP) is 0.262. The minimum absolute atomic E-state index is 0.148. The molecule has 1 saturated heterocycles. The molecule has 0 aromatic heterocycles. The molecule has 1 aliphatic heterocycles. The SMILES string of the molecule is [CH2]OC(=O)OC1COCO1. The van der Waals surface area contributed by atoms with E-state index in [2.05, 4.69) is 16.6 Å². The van der Waals surface area contributed by atoms with Crippen LogP contribution in [0.2, 0.25) is 0 Å². The lowest BCUT2D eigenvalue weighted by atomic mass is 10.7. The maximum atomic E-state index is 10.3. The summed E-state index contributed by atoms with van der Waals surface area (Å²) in [4.78, 5) is 10.3. The lowest BCUT2D eigenvalue weighted by Gasteiger charge is -2.06. The van der Waals surface area contributed by atoms with Crippen LogP contribution in [0.15, 0.2) is 0 Å². The van der Waals surface area contributed by atoms with Gasteiger partial charge in [-0.05, 0) is 0 Å². The first-order valence-corrected chi connectivity index (χ1v) is 2.65. The molecular formula is C5H7O5. The van der Waals surface area contributed by atoms with Gasteiger partial charge in [0.05, 0.1) is 0 Å². The zero-order chi connectivity index (χ0) is 7.40. The van der Waals surface area contributed by atoms with Gasteiger partial charge in [0.1, 0.15) is 13.7 Å². The summed E-state index contributed by atoms with van der Waals surface area (Å²) in [6, 6.07) is 0. The molecule has 57 valence electrons. The molecule has 1 rings (SSSR count). The molecule has 1 heterocycles. The monoisotopic (exact) mass is 147 g/mol. The maximum absolute atomic E-state index is 10.3. The summed E-state index contributed by atoms with van der Waals surface area (Å²) in [5, 5.41) is 0. The smallest absolute Gasteiger partial charge is 0.431 e. The Labute approximate surface area is 57.8 Å². The molecule has 1 fully saturated rings. The molecule has 1 atom stereocenters. The van der Waals surface area contributed by atoms with Crippen molar-refractivity contribution in [3.05, 3.63) is 7.11 Å². The molecule has 0 spiro atoms. The Morgan fingerprint density at radius 2 is 2.50 bits per heavy atom. The summed E-state index contributed by atoms with van der Waals surface area (Å²) >= 11 is 0. The van der Waals surface area contributed by atoms with Crippen molar-refractivity contribution >= 4 is 6.16 Å². The molecule has 5 nitrogen and oxygen atoms in total. The van der Waals surface area contributed by atoms with Crippen LogP contribution in [0, 0.1) is 7.11 Å². The van der Waals surface area contributed by atoms with Gasteiger partial charge in [0.2, 0.25) is 6.29 Å². The standard InChI is InChI=1S/C5H7O5/c1-7-5(6)10-4-2-8-3-9-4/h4H,1-3H2. The number of carbonyl (C=O) groups excluding carboxylic acids is 1. The number of hydrogen-bond donors (Lipinski definition) is 0. The van der Waals surface area contributed by atoms with Crippen LogP contribution in [0.1, 0.15) is 0 Å². The second-order valence-corrected chi connectivity index (χ2v) is 1.60. The van der Waals surface area contributed by atoms with Gasteiger partial charge in [-0.1, -0.05) is 0 Å². The fourth-order valence-electron chi connectivity index (χ4n) is 0.526. The second kappa shape index (κ2) is 3.38. The van der Waals surface area contributed by atoms with Crippen LogP contribution in [-0.2, 0) is 18.9 Å². The van der Waals surface area contributed by atoms with Crippen LogP contribution in [0.25, 0.3) is 0 Å². The van der Waals surface area contributed by atoms with Gasteiger partial charge in [0, 0.05) is 0 Å². The topological polar surface area (TPSA) is 54.0 Å². The summed E-state index contributed by atoms with van der Waals surface area (Å²) in [5.74, 6) is 0. The molecule has 5 heteroatoms. The van der Waals surface area contributed by atoms with Crippen molar-refractivity contribution in [3.8, 4) is 0 Å². The fourth-order valence-corrected chi connectivity index (χ4v) is 0.526. The van der Waals surface area contributed by atoms with E-state index in [0.29, 0.717) is 0 Å². The maximum Gasteiger partial charge on any atom is 0.510 e. The number of ether oxygens (including phenoxy) is 4. The van der Waals surface area contributed by atoms with Gasteiger partial charge in [-0.2, -0.15) is 0 Å². The third-order valence-electron chi connectivity index (χ3n) is 0.937. The van der Waals surface area contributed by atoms with E-state index in [0.717, 1.165) is 0 Å². The third kappa shape index (κ3) is 1.85. The first kappa shape index (κ1) is 7.30. The van der Waals surface area contributed by atoms with E-state index in [9.17, 15) is 4.79 Å². The van der Waals surface area contributed by atoms with Gasteiger partial charge in [-0.25, -0.2) is 4.79 Å². The van der Waals surface area contributed by atoms with Crippen LogP contribution in [0.4, 0.5) is 4.79 Å². The highest BCUT2D eigenvalue weighted by molar-refractivity contribution is 5.60. The van der Waals surface area contributed by atoms with E-state index in [1.165, 1.54) is 0 Å². The lowest BCUT2D eigenvalue weighted by Crippen LogP contribution is -2.18. The van der Waals surface area contributed by atoms with E-state index in [1.54, 1.807) is 0 Å². The zero-order valence-electron chi connectivity index (χ0n) is 5.24. The third-order valence-corrected chi connectivity index (χ3v) is 0.937. The summed E-state index contributed by atoms with van der Waals surface area (Å²) in [7, 11) is 2.86. The molecule has 10 heavy (non-hydrogen) atoms. The minimum atomic E-state index is -0.865. The minimum Gasteiger partial charge on any atom is -0.431 e. The second-order valence-electron chi connectivity index (χ2n) is 1.60. The summed E-state index contributed by atoms with van der Waals surface area (Å²) < 4.78 is 17.9. The highest BCUT2D eigenvalue weighted by Gasteiger charge is 2.20. The highest BCUT2D eigenvalue weighted by atomic mass is 16.8. The molecule has 0 aromatic carbocycles. The van der Waals surface area contributed by atoms with Crippen molar-refractivity contribution < 1.29 is 23.7 Å². The van der Waals surface area contributed by atoms with Crippen LogP contribution in [-0.4, -0.2) is 25.8 Å². The molecule has 0 bridgehead atoms. The van der Waals surface area contributed by atoms with Crippen LogP contribution in [0.3, 0.4) is 0 Å². The Morgan fingerprint density at radius 1 is 1.70 bits per heavy atom. The molecule has 0 amide bonds. The Morgan fingerprint density at radius 3 is 3.00 bits per heavy atom. The van der Waals surface area contributed by atoms with Gasteiger partial charge in [-0.15, -0.1) is 0 Å². The molecule has 1 unspecified atom stereocenters. The normalized spacial score (nSPS) is 24.3. The Kier molecular flexibility index (Phi) is 2.47. The van der Waals surface area contributed by atoms with Crippen molar-refractivity contribution in [2.24, 2.45) is 0 Å². The van der Waals surface area contributed by atoms with Gasteiger partial charge < -0.3 is 18.9 Å². The van der Waals surface area contributed by atoms with Gasteiger partial charge in [0.15, 0.2) is 6.79 Å². The van der Waals surface area contributed by atoms with Crippen molar-refractivity contribution in [3.63, 3.8) is 0 Å². The largest absolute Gasteiger partial charge is 0.510 e. The average molecular weight is 147 g/mol. The average Bonchev–Trinajstić information content (AvgIpc) is 2.40. The lowest BCUT2D eigenvalue weighted by molar-refractivity contribution is -0.0823. The van der Waals surface area contributed by atoms with Crippen molar-refractivity contribution in [1.29, 1.82) is 0 Å². The summed E-state index contributed by atoms with van der Waals surface area (Å²) in [6.45, 7) is 0.393. The highest BCUT2D eigenvalue weighted by Crippen LogP contribution is 2.04. The summed E-state index contributed by atoms with van der Waals surface area (Å²) in [5.41, 5.74) is 0. The molecule has 1 aliphatic rings. The molecule has 1 radical (unpaired) electrons. The van der Waals surface area contributed by atoms with Crippen LogP contribution in [0.5, 0.6) is 0 Å². The predicted molar refractivity (Wildman–Crippen MR) is 28.6 cm³/mol. The molecule has 0 N–H and O–H groups in total. The quantitative estimate of drug-likeness (QED) is 0.498.